The second-order valence-electron chi connectivity index (χ2n) is 11.3. The standard InChI is InChI=1S/C24H38O2/c1-21(2)18-9-7-15-16-8-10-19(22(3,4)26)24(16,6)13-11-17(15)23(18,5)14-12-20(21)25/h8,18-20,25-26H,7,9-14H2,1-6H3/t18?,19-,20?,23-,24+/m1/s1. The van der Waals surface area contributed by atoms with E-state index in [0.29, 0.717) is 11.8 Å². The summed E-state index contributed by atoms with van der Waals surface area (Å²) in [6.45, 7) is 13.5. The van der Waals surface area contributed by atoms with Crippen molar-refractivity contribution >= 4 is 0 Å². The Morgan fingerprint density at radius 3 is 2.35 bits per heavy atom. The molecule has 2 N–H and O–H groups in total. The lowest BCUT2D eigenvalue weighted by atomic mass is 9.46. The van der Waals surface area contributed by atoms with E-state index in [1.165, 1.54) is 12.8 Å². The number of hydrogen-bond acceptors (Lipinski definition) is 2. The number of rotatable bonds is 1. The largest absolute Gasteiger partial charge is 0.393 e. The third kappa shape index (κ3) is 2.30. The van der Waals surface area contributed by atoms with Crippen LogP contribution in [0.15, 0.2) is 22.8 Å². The van der Waals surface area contributed by atoms with E-state index in [2.05, 4.69) is 33.8 Å². The van der Waals surface area contributed by atoms with Crippen molar-refractivity contribution in [2.45, 2.75) is 98.2 Å². The minimum absolute atomic E-state index is 0.00591. The van der Waals surface area contributed by atoms with E-state index in [0.717, 1.165) is 32.1 Å². The molecule has 0 aromatic rings. The average Bonchev–Trinajstić information content (AvgIpc) is 2.89. The first-order valence-corrected chi connectivity index (χ1v) is 10.8. The molecule has 0 radical (unpaired) electrons. The third-order valence-electron chi connectivity index (χ3n) is 9.21. The Morgan fingerprint density at radius 2 is 1.69 bits per heavy atom. The molecule has 0 aliphatic heterocycles. The van der Waals surface area contributed by atoms with Gasteiger partial charge in [0, 0.05) is 0 Å². The molecule has 2 heteroatoms. The van der Waals surface area contributed by atoms with Gasteiger partial charge in [0.25, 0.3) is 0 Å². The Bertz CT molecular complexity index is 677. The summed E-state index contributed by atoms with van der Waals surface area (Å²) < 4.78 is 0. The first kappa shape index (κ1) is 18.7. The second kappa shape index (κ2) is 5.47. The summed E-state index contributed by atoms with van der Waals surface area (Å²) in [5, 5.41) is 21.4. The fraction of sp³-hybridized carbons (Fsp3) is 0.833. The van der Waals surface area contributed by atoms with E-state index in [1.54, 1.807) is 16.7 Å². The van der Waals surface area contributed by atoms with Crippen LogP contribution in [0, 0.1) is 28.1 Å². The zero-order valence-electron chi connectivity index (χ0n) is 17.7. The fourth-order valence-electron chi connectivity index (χ4n) is 7.75. The van der Waals surface area contributed by atoms with E-state index in [1.807, 2.05) is 13.8 Å². The maximum absolute atomic E-state index is 10.8. The lowest BCUT2D eigenvalue weighted by molar-refractivity contribution is -0.0914. The van der Waals surface area contributed by atoms with Crippen LogP contribution in [-0.2, 0) is 0 Å². The topological polar surface area (TPSA) is 40.5 Å². The van der Waals surface area contributed by atoms with Crippen LogP contribution in [0.5, 0.6) is 0 Å². The van der Waals surface area contributed by atoms with E-state index >= 15 is 0 Å². The third-order valence-corrected chi connectivity index (χ3v) is 9.21. The average molecular weight is 359 g/mol. The molecule has 5 atom stereocenters. The van der Waals surface area contributed by atoms with Gasteiger partial charge < -0.3 is 10.2 Å². The van der Waals surface area contributed by atoms with E-state index in [4.69, 9.17) is 0 Å². The Hall–Kier alpha value is -0.600. The minimum atomic E-state index is -0.622. The number of fused-ring (bicyclic) bond motifs is 4. The summed E-state index contributed by atoms with van der Waals surface area (Å²) in [6, 6.07) is 0. The highest BCUT2D eigenvalue weighted by molar-refractivity contribution is 5.50. The Balaban J connectivity index is 1.76. The van der Waals surface area contributed by atoms with Crippen LogP contribution in [0.1, 0.15) is 86.5 Å². The highest BCUT2D eigenvalue weighted by Crippen LogP contribution is 2.66. The van der Waals surface area contributed by atoms with Gasteiger partial charge in [-0.25, -0.2) is 0 Å². The number of aliphatic hydroxyl groups excluding tert-OH is 1. The summed E-state index contributed by atoms with van der Waals surface area (Å²) >= 11 is 0. The normalized spacial score (nSPS) is 44.9. The number of aliphatic hydroxyl groups is 2. The molecule has 1 saturated carbocycles. The molecule has 4 rings (SSSR count). The monoisotopic (exact) mass is 358 g/mol. The van der Waals surface area contributed by atoms with E-state index in [9.17, 15) is 10.2 Å². The molecule has 4 aliphatic rings. The van der Waals surface area contributed by atoms with Crippen molar-refractivity contribution in [2.24, 2.45) is 28.1 Å². The zero-order valence-corrected chi connectivity index (χ0v) is 17.7. The highest BCUT2D eigenvalue weighted by Gasteiger charge is 2.58. The van der Waals surface area contributed by atoms with Crippen LogP contribution < -0.4 is 0 Å². The fourth-order valence-corrected chi connectivity index (χ4v) is 7.75. The molecule has 26 heavy (non-hydrogen) atoms. The van der Waals surface area contributed by atoms with Crippen LogP contribution in [0.4, 0.5) is 0 Å². The van der Waals surface area contributed by atoms with Crippen molar-refractivity contribution < 1.29 is 10.2 Å². The van der Waals surface area contributed by atoms with Gasteiger partial charge in [-0.1, -0.05) is 39.3 Å². The van der Waals surface area contributed by atoms with Crippen LogP contribution in [0.25, 0.3) is 0 Å². The lowest BCUT2D eigenvalue weighted by Crippen LogP contribution is -2.53. The van der Waals surface area contributed by atoms with Crippen molar-refractivity contribution in [3.63, 3.8) is 0 Å². The predicted octanol–water partition coefficient (Wildman–Crippen LogP) is 5.40. The molecule has 2 unspecified atom stereocenters. The molecular formula is C24H38O2. The molecule has 2 nitrogen and oxygen atoms in total. The second-order valence-corrected chi connectivity index (χ2v) is 11.3. The maximum Gasteiger partial charge on any atom is 0.0631 e. The summed E-state index contributed by atoms with van der Waals surface area (Å²) in [5.74, 6) is 0.906. The molecule has 0 aromatic heterocycles. The summed E-state index contributed by atoms with van der Waals surface area (Å²) in [5.41, 5.74) is 4.66. The van der Waals surface area contributed by atoms with Gasteiger partial charge in [-0.15, -0.1) is 0 Å². The summed E-state index contributed by atoms with van der Waals surface area (Å²) in [4.78, 5) is 0. The van der Waals surface area contributed by atoms with E-state index < -0.39 is 5.60 Å². The van der Waals surface area contributed by atoms with Crippen molar-refractivity contribution in [3.05, 3.63) is 22.8 Å². The van der Waals surface area contributed by atoms with Gasteiger partial charge >= 0.3 is 0 Å². The van der Waals surface area contributed by atoms with Gasteiger partial charge in [0.15, 0.2) is 0 Å². The number of hydrogen-bond donors (Lipinski definition) is 2. The molecule has 146 valence electrons. The molecule has 0 amide bonds. The summed E-state index contributed by atoms with van der Waals surface area (Å²) in [7, 11) is 0. The SMILES string of the molecule is CC1(C)C(O)CC[C@]2(C)C3=C(CCC12)C1=CC[C@H](C(C)(C)O)[C@@]1(C)CC3. The maximum atomic E-state index is 10.8. The minimum Gasteiger partial charge on any atom is -0.393 e. The molecule has 0 heterocycles. The first-order chi connectivity index (χ1) is 11.9. The van der Waals surface area contributed by atoms with Gasteiger partial charge in [0.1, 0.15) is 0 Å². The van der Waals surface area contributed by atoms with Gasteiger partial charge in [-0.2, -0.15) is 0 Å². The van der Waals surface area contributed by atoms with Crippen LogP contribution in [0.3, 0.4) is 0 Å². The van der Waals surface area contributed by atoms with Crippen LogP contribution in [-0.4, -0.2) is 21.9 Å². The molecule has 0 spiro atoms. The van der Waals surface area contributed by atoms with Crippen LogP contribution >= 0.6 is 0 Å². The Morgan fingerprint density at radius 1 is 1.00 bits per heavy atom. The quantitative estimate of drug-likeness (QED) is 0.659. The van der Waals surface area contributed by atoms with Crippen molar-refractivity contribution in [1.29, 1.82) is 0 Å². The van der Waals surface area contributed by atoms with E-state index in [-0.39, 0.29) is 22.3 Å². The van der Waals surface area contributed by atoms with Crippen molar-refractivity contribution in [2.75, 3.05) is 0 Å². The molecule has 1 fully saturated rings. The van der Waals surface area contributed by atoms with Gasteiger partial charge in [-0.3, -0.25) is 0 Å². The van der Waals surface area contributed by atoms with Crippen molar-refractivity contribution in [1.82, 2.24) is 0 Å². The van der Waals surface area contributed by atoms with Crippen LogP contribution in [0.2, 0.25) is 0 Å². The molecule has 0 aromatic carbocycles. The molecular weight excluding hydrogens is 320 g/mol. The lowest BCUT2D eigenvalue weighted by Gasteiger charge is -2.59. The molecule has 0 bridgehead atoms. The number of allylic oxidation sites excluding steroid dienone is 4. The highest BCUT2D eigenvalue weighted by atomic mass is 16.3. The predicted molar refractivity (Wildman–Crippen MR) is 107 cm³/mol. The van der Waals surface area contributed by atoms with Gasteiger partial charge in [-0.05, 0) is 98.0 Å². The van der Waals surface area contributed by atoms with Gasteiger partial charge in [0.2, 0.25) is 0 Å². The Kier molecular flexibility index (Phi) is 3.95. The summed E-state index contributed by atoms with van der Waals surface area (Å²) in [6.07, 6.45) is 10.1. The molecule has 0 saturated heterocycles. The van der Waals surface area contributed by atoms with Crippen molar-refractivity contribution in [3.8, 4) is 0 Å². The smallest absolute Gasteiger partial charge is 0.0631 e. The first-order valence-electron chi connectivity index (χ1n) is 10.8. The Labute approximate surface area is 159 Å². The van der Waals surface area contributed by atoms with Gasteiger partial charge in [0.05, 0.1) is 11.7 Å². The molecule has 4 aliphatic carbocycles. The zero-order chi connectivity index (χ0) is 19.1.